The number of hydrogen-bond acceptors (Lipinski definition) is 3. The lowest BCUT2D eigenvalue weighted by Gasteiger charge is -2.30. The highest BCUT2D eigenvalue weighted by atomic mass is 15.2. The molecule has 1 heterocycles. The molecule has 0 aromatic heterocycles. The molecule has 1 saturated heterocycles. The molecular formula is C10H23N3. The highest BCUT2D eigenvalue weighted by molar-refractivity contribution is 4.79. The second kappa shape index (κ2) is 4.94. The van der Waals surface area contributed by atoms with E-state index in [4.69, 9.17) is 5.73 Å². The zero-order valence-corrected chi connectivity index (χ0v) is 9.16. The number of hydrogen-bond donors (Lipinski definition) is 1. The SMILES string of the molecule is CC(C)N1CCCN(C)C(CN)C1. The van der Waals surface area contributed by atoms with Gasteiger partial charge in [-0.25, -0.2) is 0 Å². The van der Waals surface area contributed by atoms with E-state index in [-0.39, 0.29) is 0 Å². The predicted octanol–water partition coefficient (Wildman–Crippen LogP) is 0.360. The van der Waals surface area contributed by atoms with Crippen LogP contribution in [0, 0.1) is 0 Å². The Morgan fingerprint density at radius 2 is 2.08 bits per heavy atom. The molecule has 13 heavy (non-hydrogen) atoms. The Bertz CT molecular complexity index is 147. The standard InChI is InChI=1S/C10H23N3/c1-9(2)13-6-4-5-12(3)10(7-11)8-13/h9-10H,4-8,11H2,1-3H3. The average Bonchev–Trinajstić information content (AvgIpc) is 2.27. The molecule has 0 bridgehead atoms. The minimum atomic E-state index is 0.546. The molecule has 3 heteroatoms. The van der Waals surface area contributed by atoms with Crippen molar-refractivity contribution in [3.8, 4) is 0 Å². The summed E-state index contributed by atoms with van der Waals surface area (Å²) in [5.74, 6) is 0. The third-order valence-electron chi connectivity index (χ3n) is 3.03. The van der Waals surface area contributed by atoms with Crippen molar-refractivity contribution in [1.82, 2.24) is 9.80 Å². The van der Waals surface area contributed by atoms with Gasteiger partial charge in [-0.15, -0.1) is 0 Å². The summed E-state index contributed by atoms with van der Waals surface area (Å²) in [5, 5.41) is 0. The molecule has 78 valence electrons. The van der Waals surface area contributed by atoms with E-state index in [1.807, 2.05) is 0 Å². The third kappa shape index (κ3) is 2.93. The van der Waals surface area contributed by atoms with Crippen LogP contribution in [0.5, 0.6) is 0 Å². The Kier molecular flexibility index (Phi) is 4.16. The molecule has 0 radical (unpaired) electrons. The van der Waals surface area contributed by atoms with Crippen LogP contribution in [0.15, 0.2) is 0 Å². The highest BCUT2D eigenvalue weighted by Gasteiger charge is 2.22. The van der Waals surface area contributed by atoms with Crippen molar-refractivity contribution < 1.29 is 0 Å². The minimum absolute atomic E-state index is 0.546. The number of likely N-dealkylation sites (N-methyl/N-ethyl adjacent to an activating group) is 1. The van der Waals surface area contributed by atoms with Crippen LogP contribution in [-0.4, -0.2) is 55.1 Å². The van der Waals surface area contributed by atoms with Gasteiger partial charge in [0.2, 0.25) is 0 Å². The first-order valence-electron chi connectivity index (χ1n) is 5.29. The molecule has 1 fully saturated rings. The fourth-order valence-electron chi connectivity index (χ4n) is 1.93. The Balaban J connectivity index is 2.53. The second-order valence-corrected chi connectivity index (χ2v) is 4.31. The van der Waals surface area contributed by atoms with Crippen LogP contribution in [-0.2, 0) is 0 Å². The summed E-state index contributed by atoms with van der Waals surface area (Å²) in [7, 11) is 2.18. The monoisotopic (exact) mass is 185 g/mol. The Morgan fingerprint density at radius 1 is 1.38 bits per heavy atom. The maximum Gasteiger partial charge on any atom is 0.0342 e. The van der Waals surface area contributed by atoms with E-state index in [9.17, 15) is 0 Å². The molecule has 0 aromatic carbocycles. The molecule has 0 saturated carbocycles. The molecule has 3 nitrogen and oxygen atoms in total. The van der Waals surface area contributed by atoms with Gasteiger partial charge in [0.15, 0.2) is 0 Å². The molecule has 1 aliphatic rings. The predicted molar refractivity (Wildman–Crippen MR) is 56.8 cm³/mol. The molecule has 1 unspecified atom stereocenters. The minimum Gasteiger partial charge on any atom is -0.329 e. The third-order valence-corrected chi connectivity index (χ3v) is 3.03. The molecule has 0 spiro atoms. The maximum absolute atomic E-state index is 5.76. The van der Waals surface area contributed by atoms with Gasteiger partial charge in [0.25, 0.3) is 0 Å². The van der Waals surface area contributed by atoms with Gasteiger partial charge >= 0.3 is 0 Å². The van der Waals surface area contributed by atoms with Crippen molar-refractivity contribution in [2.75, 3.05) is 33.2 Å². The van der Waals surface area contributed by atoms with Crippen molar-refractivity contribution in [3.63, 3.8) is 0 Å². The average molecular weight is 185 g/mol. The van der Waals surface area contributed by atoms with E-state index in [1.165, 1.54) is 19.5 Å². The second-order valence-electron chi connectivity index (χ2n) is 4.31. The van der Waals surface area contributed by atoms with Gasteiger partial charge in [0.1, 0.15) is 0 Å². The molecule has 0 amide bonds. The summed E-state index contributed by atoms with van der Waals surface area (Å²) in [6.45, 7) is 8.84. The first-order valence-corrected chi connectivity index (χ1v) is 5.29. The molecule has 1 rings (SSSR count). The molecule has 1 atom stereocenters. The van der Waals surface area contributed by atoms with E-state index in [2.05, 4.69) is 30.7 Å². The van der Waals surface area contributed by atoms with Gasteiger partial charge in [-0.3, -0.25) is 4.90 Å². The first-order chi connectivity index (χ1) is 6.15. The summed E-state index contributed by atoms with van der Waals surface area (Å²) < 4.78 is 0. The van der Waals surface area contributed by atoms with Crippen molar-refractivity contribution in [1.29, 1.82) is 0 Å². The van der Waals surface area contributed by atoms with Gasteiger partial charge in [-0.2, -0.15) is 0 Å². The summed E-state index contributed by atoms with van der Waals surface area (Å²) in [6.07, 6.45) is 1.27. The lowest BCUT2D eigenvalue weighted by Crippen LogP contribution is -2.45. The van der Waals surface area contributed by atoms with Crippen molar-refractivity contribution >= 4 is 0 Å². The van der Waals surface area contributed by atoms with Gasteiger partial charge in [0.05, 0.1) is 0 Å². The number of nitrogens with two attached hydrogens (primary N) is 1. The van der Waals surface area contributed by atoms with Gasteiger partial charge in [-0.05, 0) is 40.4 Å². The summed E-state index contributed by atoms with van der Waals surface area (Å²) >= 11 is 0. The van der Waals surface area contributed by atoms with Crippen molar-refractivity contribution in [2.45, 2.75) is 32.4 Å². The molecule has 2 N–H and O–H groups in total. The maximum atomic E-state index is 5.76. The fourth-order valence-corrected chi connectivity index (χ4v) is 1.93. The lowest BCUT2D eigenvalue weighted by atomic mass is 10.2. The topological polar surface area (TPSA) is 32.5 Å². The van der Waals surface area contributed by atoms with E-state index in [1.54, 1.807) is 0 Å². The zero-order chi connectivity index (χ0) is 9.84. The van der Waals surface area contributed by atoms with E-state index < -0.39 is 0 Å². The van der Waals surface area contributed by atoms with E-state index >= 15 is 0 Å². The summed E-state index contributed by atoms with van der Waals surface area (Å²) in [6, 6.07) is 1.20. The van der Waals surface area contributed by atoms with Crippen LogP contribution in [0.25, 0.3) is 0 Å². The van der Waals surface area contributed by atoms with Crippen LogP contribution >= 0.6 is 0 Å². The Morgan fingerprint density at radius 3 is 2.62 bits per heavy atom. The molecule has 0 aromatic rings. The van der Waals surface area contributed by atoms with Crippen molar-refractivity contribution in [2.24, 2.45) is 5.73 Å². The number of rotatable bonds is 2. The lowest BCUT2D eigenvalue weighted by molar-refractivity contribution is 0.184. The van der Waals surface area contributed by atoms with Crippen LogP contribution in [0.2, 0.25) is 0 Å². The van der Waals surface area contributed by atoms with Crippen LogP contribution in [0.4, 0.5) is 0 Å². The van der Waals surface area contributed by atoms with Gasteiger partial charge in [0, 0.05) is 25.2 Å². The van der Waals surface area contributed by atoms with Gasteiger partial charge in [-0.1, -0.05) is 0 Å². The summed E-state index contributed by atoms with van der Waals surface area (Å²) in [4.78, 5) is 4.92. The van der Waals surface area contributed by atoms with Crippen molar-refractivity contribution in [3.05, 3.63) is 0 Å². The molecule has 0 aliphatic carbocycles. The number of nitrogens with zero attached hydrogens (tertiary/aromatic N) is 2. The first kappa shape index (κ1) is 11.0. The summed E-state index contributed by atoms with van der Waals surface area (Å²) in [5.41, 5.74) is 5.76. The zero-order valence-electron chi connectivity index (χ0n) is 9.16. The van der Waals surface area contributed by atoms with Crippen LogP contribution in [0.3, 0.4) is 0 Å². The highest BCUT2D eigenvalue weighted by Crippen LogP contribution is 2.09. The van der Waals surface area contributed by atoms with E-state index in [0.29, 0.717) is 12.1 Å². The van der Waals surface area contributed by atoms with Gasteiger partial charge < -0.3 is 10.6 Å². The Hall–Kier alpha value is -0.120. The fraction of sp³-hybridized carbons (Fsp3) is 1.00. The normalized spacial score (nSPS) is 27.9. The Labute approximate surface area is 81.9 Å². The largest absolute Gasteiger partial charge is 0.329 e. The quantitative estimate of drug-likeness (QED) is 0.674. The van der Waals surface area contributed by atoms with Crippen LogP contribution < -0.4 is 5.73 Å². The smallest absolute Gasteiger partial charge is 0.0342 e. The molecule has 1 aliphatic heterocycles. The molecular weight excluding hydrogens is 162 g/mol. The van der Waals surface area contributed by atoms with E-state index in [0.717, 1.165) is 13.1 Å². The van der Waals surface area contributed by atoms with Crippen LogP contribution in [0.1, 0.15) is 20.3 Å².